The predicted molar refractivity (Wildman–Crippen MR) is 79.5 cm³/mol. The number of anilines is 1. The molecule has 0 saturated carbocycles. The number of rotatable bonds is 5. The minimum Gasteiger partial charge on any atom is -0.384 e. The average molecular weight is 297 g/mol. The molecule has 0 saturated heterocycles. The van der Waals surface area contributed by atoms with Gasteiger partial charge in [0.1, 0.15) is 0 Å². The summed E-state index contributed by atoms with van der Waals surface area (Å²) in [4.78, 5) is 10.4. The third-order valence-electron chi connectivity index (χ3n) is 3.30. The van der Waals surface area contributed by atoms with E-state index in [9.17, 15) is 10.1 Å². The highest BCUT2D eigenvalue weighted by Crippen LogP contribution is 2.30. The molecule has 1 aromatic rings. The summed E-state index contributed by atoms with van der Waals surface area (Å²) in [5.41, 5.74) is 2.76. The van der Waals surface area contributed by atoms with Crippen molar-refractivity contribution in [2.45, 2.75) is 19.8 Å². The quantitative estimate of drug-likeness (QED) is 0.511. The van der Waals surface area contributed by atoms with E-state index >= 15 is 0 Å². The van der Waals surface area contributed by atoms with Crippen LogP contribution in [0.15, 0.2) is 23.8 Å². The Morgan fingerprint density at radius 3 is 2.95 bits per heavy atom. The number of halogens is 1. The Labute approximate surface area is 122 Å². The lowest BCUT2D eigenvalue weighted by Gasteiger charge is -2.15. The predicted octanol–water partition coefficient (Wildman–Crippen LogP) is 3.71. The first kappa shape index (κ1) is 14.8. The molecule has 20 heavy (non-hydrogen) atoms. The summed E-state index contributed by atoms with van der Waals surface area (Å²) in [5.74, 6) is 0. The second-order valence-corrected chi connectivity index (χ2v) is 5.15. The standard InChI is InChI=1S/C14H17ClN2O3/c1-10-8-13(12(15)9-14(10)17(18)19)16-5-2-11-3-6-20-7-4-11/h3,8-9,16H,2,4-7H2,1H3. The molecule has 0 spiro atoms. The summed E-state index contributed by atoms with van der Waals surface area (Å²) in [6.07, 6.45) is 4.00. The van der Waals surface area contributed by atoms with Gasteiger partial charge in [0, 0.05) is 18.2 Å². The molecule has 0 aromatic heterocycles. The van der Waals surface area contributed by atoms with Crippen molar-refractivity contribution in [2.75, 3.05) is 25.1 Å². The van der Waals surface area contributed by atoms with Crippen LogP contribution >= 0.6 is 11.6 Å². The molecule has 2 rings (SSSR count). The molecule has 0 unspecified atom stereocenters. The van der Waals surface area contributed by atoms with Crippen molar-refractivity contribution in [1.29, 1.82) is 0 Å². The number of aryl methyl sites for hydroxylation is 1. The second-order valence-electron chi connectivity index (χ2n) is 4.74. The van der Waals surface area contributed by atoms with Crippen LogP contribution in [0.3, 0.4) is 0 Å². The number of hydrogen-bond donors (Lipinski definition) is 1. The van der Waals surface area contributed by atoms with Crippen molar-refractivity contribution in [3.8, 4) is 0 Å². The first-order valence-electron chi connectivity index (χ1n) is 6.52. The molecule has 6 heteroatoms. The van der Waals surface area contributed by atoms with E-state index in [0.717, 1.165) is 31.7 Å². The van der Waals surface area contributed by atoms with Gasteiger partial charge in [0.05, 0.1) is 28.8 Å². The first-order chi connectivity index (χ1) is 9.58. The summed E-state index contributed by atoms with van der Waals surface area (Å²) in [6, 6.07) is 3.12. The summed E-state index contributed by atoms with van der Waals surface area (Å²) < 4.78 is 5.25. The van der Waals surface area contributed by atoms with Gasteiger partial charge in [-0.15, -0.1) is 0 Å². The number of ether oxygens (including phenoxy) is 1. The van der Waals surface area contributed by atoms with Crippen molar-refractivity contribution < 1.29 is 9.66 Å². The largest absolute Gasteiger partial charge is 0.384 e. The van der Waals surface area contributed by atoms with Crippen molar-refractivity contribution >= 4 is 23.0 Å². The fourth-order valence-corrected chi connectivity index (χ4v) is 2.38. The zero-order valence-electron chi connectivity index (χ0n) is 11.3. The van der Waals surface area contributed by atoms with E-state index in [-0.39, 0.29) is 5.69 Å². The Bertz CT molecular complexity index is 543. The van der Waals surface area contributed by atoms with Crippen LogP contribution in [-0.4, -0.2) is 24.7 Å². The van der Waals surface area contributed by atoms with Gasteiger partial charge in [0.2, 0.25) is 0 Å². The highest BCUT2D eigenvalue weighted by Gasteiger charge is 2.14. The lowest BCUT2D eigenvalue weighted by molar-refractivity contribution is -0.385. The molecule has 0 radical (unpaired) electrons. The van der Waals surface area contributed by atoms with Crippen LogP contribution in [0.1, 0.15) is 18.4 Å². The van der Waals surface area contributed by atoms with Crippen LogP contribution in [0, 0.1) is 17.0 Å². The topological polar surface area (TPSA) is 64.4 Å². The van der Waals surface area contributed by atoms with Gasteiger partial charge in [-0.05, 0) is 25.8 Å². The molecule has 5 nitrogen and oxygen atoms in total. The molecule has 0 amide bonds. The van der Waals surface area contributed by atoms with Gasteiger partial charge in [-0.3, -0.25) is 10.1 Å². The molecule has 0 bridgehead atoms. The lowest BCUT2D eigenvalue weighted by Crippen LogP contribution is -2.09. The summed E-state index contributed by atoms with van der Waals surface area (Å²) >= 11 is 6.07. The molecule has 1 aromatic carbocycles. The van der Waals surface area contributed by atoms with Crippen molar-refractivity contribution in [2.24, 2.45) is 0 Å². The fourth-order valence-electron chi connectivity index (χ4n) is 2.15. The zero-order chi connectivity index (χ0) is 14.5. The fraction of sp³-hybridized carbons (Fsp3) is 0.429. The van der Waals surface area contributed by atoms with Crippen molar-refractivity contribution in [1.82, 2.24) is 0 Å². The van der Waals surface area contributed by atoms with E-state index in [0.29, 0.717) is 17.2 Å². The number of benzene rings is 1. The molecule has 1 aliphatic heterocycles. The Morgan fingerprint density at radius 2 is 2.30 bits per heavy atom. The van der Waals surface area contributed by atoms with Crippen LogP contribution in [0.5, 0.6) is 0 Å². The van der Waals surface area contributed by atoms with E-state index in [4.69, 9.17) is 16.3 Å². The first-order valence-corrected chi connectivity index (χ1v) is 6.90. The van der Waals surface area contributed by atoms with Gasteiger partial charge in [-0.1, -0.05) is 23.3 Å². The number of nitrogens with zero attached hydrogens (tertiary/aromatic N) is 1. The highest BCUT2D eigenvalue weighted by molar-refractivity contribution is 6.33. The Hall–Kier alpha value is -1.59. The minimum atomic E-state index is -0.419. The van der Waals surface area contributed by atoms with Gasteiger partial charge in [-0.25, -0.2) is 0 Å². The number of nitro benzene ring substituents is 1. The number of nitro groups is 1. The van der Waals surface area contributed by atoms with Gasteiger partial charge >= 0.3 is 0 Å². The van der Waals surface area contributed by atoms with Gasteiger partial charge < -0.3 is 10.1 Å². The molecule has 0 fully saturated rings. The molecule has 0 aliphatic carbocycles. The lowest BCUT2D eigenvalue weighted by atomic mass is 10.1. The highest BCUT2D eigenvalue weighted by atomic mass is 35.5. The van der Waals surface area contributed by atoms with E-state index in [1.807, 2.05) is 0 Å². The third-order valence-corrected chi connectivity index (χ3v) is 3.61. The minimum absolute atomic E-state index is 0.0488. The van der Waals surface area contributed by atoms with Crippen LogP contribution in [0.25, 0.3) is 0 Å². The summed E-state index contributed by atoms with van der Waals surface area (Å²) in [7, 11) is 0. The number of nitrogens with one attached hydrogen (secondary N) is 1. The van der Waals surface area contributed by atoms with Crippen LogP contribution in [0.2, 0.25) is 5.02 Å². The number of hydrogen-bond acceptors (Lipinski definition) is 4. The van der Waals surface area contributed by atoms with Gasteiger partial charge in [0.15, 0.2) is 0 Å². The average Bonchev–Trinajstić information content (AvgIpc) is 2.43. The normalized spacial score (nSPS) is 14.8. The van der Waals surface area contributed by atoms with Crippen LogP contribution in [0.4, 0.5) is 11.4 Å². The van der Waals surface area contributed by atoms with E-state index < -0.39 is 4.92 Å². The molecular weight excluding hydrogens is 280 g/mol. The maximum absolute atomic E-state index is 10.8. The van der Waals surface area contributed by atoms with E-state index in [1.54, 1.807) is 13.0 Å². The summed E-state index contributed by atoms with van der Waals surface area (Å²) in [6.45, 7) is 3.93. The van der Waals surface area contributed by atoms with Crippen molar-refractivity contribution in [3.05, 3.63) is 44.5 Å². The monoisotopic (exact) mass is 296 g/mol. The third kappa shape index (κ3) is 3.71. The molecular formula is C14H17ClN2O3. The molecule has 1 aliphatic rings. The second kappa shape index (κ2) is 6.72. The molecule has 108 valence electrons. The maximum atomic E-state index is 10.8. The van der Waals surface area contributed by atoms with Gasteiger partial charge in [0.25, 0.3) is 5.69 Å². The molecule has 1 heterocycles. The van der Waals surface area contributed by atoms with Crippen molar-refractivity contribution in [3.63, 3.8) is 0 Å². The SMILES string of the molecule is Cc1cc(NCCC2=CCOCC2)c(Cl)cc1[N+](=O)[O-]. The van der Waals surface area contributed by atoms with Gasteiger partial charge in [-0.2, -0.15) is 0 Å². The summed E-state index contributed by atoms with van der Waals surface area (Å²) in [5, 5.41) is 14.4. The Morgan fingerprint density at radius 1 is 1.50 bits per heavy atom. The van der Waals surface area contributed by atoms with E-state index in [2.05, 4.69) is 11.4 Å². The smallest absolute Gasteiger partial charge is 0.273 e. The van der Waals surface area contributed by atoms with E-state index in [1.165, 1.54) is 11.6 Å². The Kier molecular flexibility index (Phi) is 4.98. The maximum Gasteiger partial charge on any atom is 0.273 e. The molecule has 0 atom stereocenters. The molecule has 1 N–H and O–H groups in total. The zero-order valence-corrected chi connectivity index (χ0v) is 12.1. The Balaban J connectivity index is 1.97. The van der Waals surface area contributed by atoms with Crippen LogP contribution < -0.4 is 5.32 Å². The van der Waals surface area contributed by atoms with Crippen LogP contribution in [-0.2, 0) is 4.74 Å².